The van der Waals surface area contributed by atoms with Crippen molar-refractivity contribution in [2.45, 2.75) is 50.7 Å². The van der Waals surface area contributed by atoms with E-state index < -0.39 is 52.7 Å². The van der Waals surface area contributed by atoms with E-state index in [1.165, 1.54) is 29.1 Å². The Bertz CT molecular complexity index is 1170. The Labute approximate surface area is 221 Å². The average molecular weight is 555 g/mol. The normalized spacial score (nSPS) is 16.8. The second-order valence-corrected chi connectivity index (χ2v) is 10.4. The van der Waals surface area contributed by atoms with Crippen molar-refractivity contribution in [2.24, 2.45) is 11.7 Å². The van der Waals surface area contributed by atoms with Gasteiger partial charge in [-0.15, -0.1) is 11.8 Å². The van der Waals surface area contributed by atoms with Crippen molar-refractivity contribution in [3.05, 3.63) is 53.1 Å². The second kappa shape index (κ2) is 12.9. The number of aromatic nitrogens is 2. The zero-order chi connectivity index (χ0) is 28.0. The topological polar surface area (TPSA) is 151 Å². The molecule has 0 spiro atoms. The molecule has 1 aliphatic rings. The van der Waals surface area contributed by atoms with Gasteiger partial charge in [-0.25, -0.2) is 27.9 Å². The summed E-state index contributed by atoms with van der Waals surface area (Å²) >= 11 is 1.28. The smallest absolute Gasteiger partial charge is 0.326 e. The van der Waals surface area contributed by atoms with E-state index in [0.29, 0.717) is 23.9 Å². The summed E-state index contributed by atoms with van der Waals surface area (Å²) in [7, 11) is 0. The minimum absolute atomic E-state index is 0.0830. The number of thioether (sulfide) groups is 1. The fraction of sp³-hybridized carbons (Fsp3) is 0.458. The van der Waals surface area contributed by atoms with E-state index in [4.69, 9.17) is 5.73 Å². The number of carbonyl (C=O) groups excluding carboxylic acids is 2. The molecule has 2 aromatic rings. The SMILES string of the molecule is CC(C)[C@@H](Nc1ncc(CNC(=O)[C@@H]2SCCN2C(=O)C[C@H](N)Cc2cc(F)c(F)cc2F)cn1)C(=O)O. The average Bonchev–Trinajstić information content (AvgIpc) is 3.35. The number of carboxylic acid groups (broad SMARTS) is 1. The summed E-state index contributed by atoms with van der Waals surface area (Å²) < 4.78 is 40.5. The van der Waals surface area contributed by atoms with Crippen LogP contribution in [0.15, 0.2) is 24.5 Å². The maximum atomic E-state index is 13.9. The van der Waals surface area contributed by atoms with Gasteiger partial charge >= 0.3 is 5.97 Å². The Morgan fingerprint density at radius 2 is 1.82 bits per heavy atom. The van der Waals surface area contributed by atoms with Crippen LogP contribution in [0.2, 0.25) is 0 Å². The molecular formula is C24H29F3N6O4S. The molecule has 1 aliphatic heterocycles. The van der Waals surface area contributed by atoms with E-state index in [1.807, 2.05) is 0 Å². The van der Waals surface area contributed by atoms with Gasteiger partial charge in [-0.3, -0.25) is 9.59 Å². The van der Waals surface area contributed by atoms with Gasteiger partial charge in [0.15, 0.2) is 17.0 Å². The summed E-state index contributed by atoms with van der Waals surface area (Å²) in [5.74, 6) is -4.83. The number of nitrogens with two attached hydrogens (primary N) is 1. The highest BCUT2D eigenvalue weighted by Crippen LogP contribution is 2.25. The van der Waals surface area contributed by atoms with E-state index in [9.17, 15) is 32.7 Å². The van der Waals surface area contributed by atoms with Gasteiger partial charge in [-0.1, -0.05) is 13.8 Å². The monoisotopic (exact) mass is 554 g/mol. The summed E-state index contributed by atoms with van der Waals surface area (Å²) in [6.45, 7) is 3.91. The van der Waals surface area contributed by atoms with Gasteiger partial charge in [0, 0.05) is 55.3 Å². The molecule has 1 aromatic carbocycles. The number of benzene rings is 1. The number of hydrogen-bond acceptors (Lipinski definition) is 8. The lowest BCUT2D eigenvalue weighted by Gasteiger charge is -2.24. The zero-order valence-corrected chi connectivity index (χ0v) is 21.6. The van der Waals surface area contributed by atoms with Gasteiger partial charge in [-0.05, 0) is 24.0 Å². The predicted octanol–water partition coefficient (Wildman–Crippen LogP) is 1.89. The number of anilines is 1. The highest BCUT2D eigenvalue weighted by atomic mass is 32.2. The molecule has 0 radical (unpaired) electrons. The first-order valence-corrected chi connectivity index (χ1v) is 12.9. The van der Waals surface area contributed by atoms with Crippen molar-refractivity contribution in [1.29, 1.82) is 0 Å². The molecule has 3 rings (SSSR count). The molecule has 0 aliphatic carbocycles. The quantitative estimate of drug-likeness (QED) is 0.305. The van der Waals surface area contributed by atoms with Crippen LogP contribution in [0.4, 0.5) is 19.1 Å². The summed E-state index contributed by atoms with van der Waals surface area (Å²) in [6, 6.07) is -0.563. The van der Waals surface area contributed by atoms with Gasteiger partial charge < -0.3 is 26.4 Å². The van der Waals surface area contributed by atoms with Crippen LogP contribution in [0.25, 0.3) is 0 Å². The first-order chi connectivity index (χ1) is 18.0. The molecule has 14 heteroatoms. The number of nitrogens with zero attached hydrogens (tertiary/aromatic N) is 3. The summed E-state index contributed by atoms with van der Waals surface area (Å²) in [6.07, 6.45) is 2.52. The van der Waals surface area contributed by atoms with Crippen molar-refractivity contribution < 1.29 is 32.7 Å². The number of rotatable bonds is 11. The number of hydrogen-bond donors (Lipinski definition) is 4. The standard InChI is InChI=1S/C24H29F3N6O4S/c1-12(2)20(23(36)37)32-24-30-10-13(11-31-24)9-29-21(35)22-33(3-4-38-22)19(34)7-15(28)5-14-6-17(26)18(27)8-16(14)25/h6,8,10-12,15,20,22H,3-5,7,9,28H2,1-2H3,(H,29,35)(H,36,37)(H,30,31,32)/t15-,20-,22+/m1/s1. The lowest BCUT2D eigenvalue weighted by molar-refractivity contribution is -0.139. The van der Waals surface area contributed by atoms with E-state index in [-0.39, 0.29) is 36.8 Å². The molecule has 1 saturated heterocycles. The van der Waals surface area contributed by atoms with Crippen LogP contribution in [0.5, 0.6) is 0 Å². The molecule has 0 saturated carbocycles. The molecule has 1 aromatic heterocycles. The van der Waals surface area contributed by atoms with Crippen molar-refractivity contribution in [3.63, 3.8) is 0 Å². The predicted molar refractivity (Wildman–Crippen MR) is 134 cm³/mol. The van der Waals surface area contributed by atoms with Crippen molar-refractivity contribution in [3.8, 4) is 0 Å². The molecule has 3 atom stereocenters. The van der Waals surface area contributed by atoms with Crippen LogP contribution in [0, 0.1) is 23.4 Å². The third-order valence-corrected chi connectivity index (χ3v) is 7.04. The Balaban J connectivity index is 1.52. The lowest BCUT2D eigenvalue weighted by Crippen LogP contribution is -2.46. The van der Waals surface area contributed by atoms with E-state index in [1.54, 1.807) is 13.8 Å². The largest absolute Gasteiger partial charge is 0.480 e. The highest BCUT2D eigenvalue weighted by molar-refractivity contribution is 8.00. The van der Waals surface area contributed by atoms with Gasteiger partial charge in [-0.2, -0.15) is 0 Å². The van der Waals surface area contributed by atoms with Crippen LogP contribution in [-0.4, -0.2) is 67.5 Å². The number of aliphatic carboxylic acids is 1. The minimum atomic E-state index is -1.31. The van der Waals surface area contributed by atoms with Crippen LogP contribution in [-0.2, 0) is 27.3 Å². The maximum absolute atomic E-state index is 13.9. The molecule has 1 fully saturated rings. The molecule has 2 amide bonds. The van der Waals surface area contributed by atoms with Gasteiger partial charge in [0.05, 0.1) is 0 Å². The number of nitrogens with one attached hydrogen (secondary N) is 2. The molecule has 38 heavy (non-hydrogen) atoms. The van der Waals surface area contributed by atoms with Crippen LogP contribution < -0.4 is 16.4 Å². The molecular weight excluding hydrogens is 525 g/mol. The maximum Gasteiger partial charge on any atom is 0.326 e. The minimum Gasteiger partial charge on any atom is -0.480 e. The molecule has 0 unspecified atom stereocenters. The number of carboxylic acids is 1. The van der Waals surface area contributed by atoms with Crippen LogP contribution >= 0.6 is 11.8 Å². The fourth-order valence-electron chi connectivity index (χ4n) is 3.81. The Morgan fingerprint density at radius 1 is 1.16 bits per heavy atom. The summed E-state index contributed by atoms with van der Waals surface area (Å²) in [4.78, 5) is 46.5. The lowest BCUT2D eigenvalue weighted by atomic mass is 10.0. The highest BCUT2D eigenvalue weighted by Gasteiger charge is 2.35. The van der Waals surface area contributed by atoms with Crippen LogP contribution in [0.1, 0.15) is 31.4 Å². The van der Waals surface area contributed by atoms with Crippen molar-refractivity contribution in [1.82, 2.24) is 20.2 Å². The van der Waals surface area contributed by atoms with Crippen LogP contribution in [0.3, 0.4) is 0 Å². The summed E-state index contributed by atoms with van der Waals surface area (Å²) in [5, 5.41) is 14.0. The fourth-order valence-corrected chi connectivity index (χ4v) is 4.97. The van der Waals surface area contributed by atoms with E-state index in [2.05, 4.69) is 20.6 Å². The van der Waals surface area contributed by atoms with Crippen molar-refractivity contribution >= 4 is 35.5 Å². The molecule has 206 valence electrons. The van der Waals surface area contributed by atoms with E-state index in [0.717, 1.165) is 6.07 Å². The van der Waals surface area contributed by atoms with Gasteiger partial charge in [0.1, 0.15) is 11.9 Å². The Morgan fingerprint density at radius 3 is 2.45 bits per heavy atom. The molecule has 10 nitrogen and oxygen atoms in total. The second-order valence-electron chi connectivity index (χ2n) is 9.17. The van der Waals surface area contributed by atoms with Gasteiger partial charge in [0.25, 0.3) is 5.91 Å². The zero-order valence-electron chi connectivity index (χ0n) is 20.8. The Hall–Kier alpha value is -3.39. The molecule has 0 bridgehead atoms. The third kappa shape index (κ3) is 7.57. The molecule has 5 N–H and O–H groups in total. The third-order valence-electron chi connectivity index (χ3n) is 5.83. The molecule has 2 heterocycles. The van der Waals surface area contributed by atoms with Gasteiger partial charge in [0.2, 0.25) is 11.9 Å². The number of amides is 2. The first kappa shape index (κ1) is 29.2. The Kier molecular flexibility index (Phi) is 9.91. The van der Waals surface area contributed by atoms with Crippen molar-refractivity contribution in [2.75, 3.05) is 17.6 Å². The van der Waals surface area contributed by atoms with E-state index >= 15 is 0 Å². The summed E-state index contributed by atoms with van der Waals surface area (Å²) in [5.41, 5.74) is 6.40. The first-order valence-electron chi connectivity index (χ1n) is 11.8. The number of carbonyl (C=O) groups is 3. The number of halogens is 3.